The van der Waals surface area contributed by atoms with Crippen LogP contribution in [0.15, 0.2) is 22.7 Å². The molecule has 0 saturated heterocycles. The Morgan fingerprint density at radius 1 is 1.33 bits per heavy atom. The van der Waals surface area contributed by atoms with Crippen molar-refractivity contribution in [2.75, 3.05) is 5.32 Å². The maximum absolute atomic E-state index is 12.8. The molecule has 0 saturated carbocycles. The van der Waals surface area contributed by atoms with E-state index in [4.69, 9.17) is 10.3 Å². The monoisotopic (exact) mass is 342 g/mol. The molecule has 0 aliphatic heterocycles. The summed E-state index contributed by atoms with van der Waals surface area (Å²) < 4.78 is 43.4. The van der Waals surface area contributed by atoms with E-state index in [1.54, 1.807) is 6.92 Å². The lowest BCUT2D eigenvalue weighted by atomic mass is 10.1. The number of amides is 1. The van der Waals surface area contributed by atoms with Gasteiger partial charge in [0.05, 0.1) is 5.56 Å². The number of aryl methyl sites for hydroxylation is 2. The molecule has 0 aliphatic rings. The van der Waals surface area contributed by atoms with E-state index in [9.17, 15) is 18.0 Å². The molecule has 0 aliphatic carbocycles. The molecule has 130 valence electrons. The van der Waals surface area contributed by atoms with Gasteiger partial charge in [-0.3, -0.25) is 4.79 Å². The summed E-state index contributed by atoms with van der Waals surface area (Å²) in [6, 6.07) is 3.28. The molecule has 2 rings (SSSR count). The molecule has 3 N–H and O–H groups in total. The van der Waals surface area contributed by atoms with Gasteiger partial charge in [-0.1, -0.05) is 5.16 Å². The molecule has 0 unspecified atom stereocenters. The molecule has 0 spiro atoms. The molecule has 24 heavy (non-hydrogen) atoms. The van der Waals surface area contributed by atoms with Gasteiger partial charge < -0.3 is 15.6 Å². The molecule has 1 heterocycles. The van der Waals surface area contributed by atoms with E-state index in [2.05, 4.69) is 15.5 Å². The van der Waals surface area contributed by atoms with Crippen LogP contribution in [0.1, 0.15) is 35.7 Å². The van der Waals surface area contributed by atoms with Crippen LogP contribution in [-0.2, 0) is 23.9 Å². The number of hydrogen-bond acceptors (Lipinski definition) is 5. The normalized spacial score (nSPS) is 11.5. The minimum absolute atomic E-state index is 0.0523. The van der Waals surface area contributed by atoms with Crippen molar-refractivity contribution in [3.8, 4) is 0 Å². The number of alkyl halides is 3. The Balaban J connectivity index is 1.95. The van der Waals surface area contributed by atoms with Crippen LogP contribution in [0.5, 0.6) is 0 Å². The quantitative estimate of drug-likeness (QED) is 0.842. The molecule has 1 amide bonds. The summed E-state index contributed by atoms with van der Waals surface area (Å²) in [5.74, 6) is 0.533. The average molecular weight is 342 g/mol. The maximum atomic E-state index is 12.8. The molecule has 1 aromatic heterocycles. The van der Waals surface area contributed by atoms with E-state index in [0.717, 1.165) is 12.1 Å². The van der Waals surface area contributed by atoms with Crippen molar-refractivity contribution in [1.82, 2.24) is 10.1 Å². The summed E-state index contributed by atoms with van der Waals surface area (Å²) in [7, 11) is 0. The first kappa shape index (κ1) is 17.9. The summed E-state index contributed by atoms with van der Waals surface area (Å²) in [6.07, 6.45) is -3.52. The number of aromatic nitrogens is 2. The van der Waals surface area contributed by atoms with E-state index in [1.807, 2.05) is 0 Å². The number of halogens is 3. The molecule has 9 heteroatoms. The van der Waals surface area contributed by atoms with Gasteiger partial charge in [-0.2, -0.15) is 18.2 Å². The zero-order valence-electron chi connectivity index (χ0n) is 13.0. The van der Waals surface area contributed by atoms with Crippen molar-refractivity contribution in [1.29, 1.82) is 0 Å². The smallest absolute Gasteiger partial charge is 0.339 e. The first-order valence-corrected chi connectivity index (χ1v) is 7.28. The SMILES string of the molecule is Cc1noc(CCCC(=O)Nc2cc(CN)cc(C(F)(F)F)c2)n1. The third kappa shape index (κ3) is 5.05. The van der Waals surface area contributed by atoms with E-state index < -0.39 is 17.6 Å². The van der Waals surface area contributed by atoms with Gasteiger partial charge in [0.1, 0.15) is 0 Å². The number of anilines is 1. The van der Waals surface area contributed by atoms with Crippen LogP contribution < -0.4 is 11.1 Å². The largest absolute Gasteiger partial charge is 0.416 e. The van der Waals surface area contributed by atoms with Gasteiger partial charge in [-0.15, -0.1) is 0 Å². The Bertz CT molecular complexity index is 713. The third-order valence-electron chi connectivity index (χ3n) is 3.20. The highest BCUT2D eigenvalue weighted by Crippen LogP contribution is 2.32. The summed E-state index contributed by atoms with van der Waals surface area (Å²) in [5, 5.41) is 6.09. The number of carbonyl (C=O) groups excluding carboxylic acids is 1. The zero-order valence-corrected chi connectivity index (χ0v) is 13.0. The fraction of sp³-hybridized carbons (Fsp3) is 0.400. The van der Waals surface area contributed by atoms with Crippen LogP contribution in [-0.4, -0.2) is 16.0 Å². The maximum Gasteiger partial charge on any atom is 0.416 e. The fourth-order valence-corrected chi connectivity index (χ4v) is 2.11. The second-order valence-corrected chi connectivity index (χ2v) is 5.26. The number of nitrogens with one attached hydrogen (secondary N) is 1. The second kappa shape index (κ2) is 7.43. The van der Waals surface area contributed by atoms with E-state index in [-0.39, 0.29) is 18.7 Å². The minimum Gasteiger partial charge on any atom is -0.339 e. The minimum atomic E-state index is -4.50. The van der Waals surface area contributed by atoms with Gasteiger partial charge in [0, 0.05) is 25.1 Å². The van der Waals surface area contributed by atoms with Gasteiger partial charge in [0.15, 0.2) is 5.82 Å². The molecule has 0 fully saturated rings. The first-order valence-electron chi connectivity index (χ1n) is 7.28. The summed E-state index contributed by atoms with van der Waals surface area (Å²) in [6.45, 7) is 1.63. The molecule has 2 aromatic rings. The zero-order chi connectivity index (χ0) is 17.7. The van der Waals surface area contributed by atoms with E-state index >= 15 is 0 Å². The predicted molar refractivity (Wildman–Crippen MR) is 79.9 cm³/mol. The highest BCUT2D eigenvalue weighted by molar-refractivity contribution is 5.90. The second-order valence-electron chi connectivity index (χ2n) is 5.26. The molecule has 0 bridgehead atoms. The standard InChI is InChI=1S/C15H17F3N4O2/c1-9-20-14(24-22-9)4-2-3-13(23)21-12-6-10(8-19)5-11(7-12)15(16,17)18/h5-7H,2-4,8,19H2,1H3,(H,21,23). The fourth-order valence-electron chi connectivity index (χ4n) is 2.11. The van der Waals surface area contributed by atoms with Crippen molar-refractivity contribution >= 4 is 11.6 Å². The van der Waals surface area contributed by atoms with Gasteiger partial charge in [-0.25, -0.2) is 0 Å². The van der Waals surface area contributed by atoms with Gasteiger partial charge in [-0.05, 0) is 37.1 Å². The number of hydrogen-bond donors (Lipinski definition) is 2. The van der Waals surface area contributed by atoms with Crippen LogP contribution in [0, 0.1) is 6.92 Å². The molecule has 0 radical (unpaired) electrons. The number of rotatable bonds is 6. The summed E-state index contributed by atoms with van der Waals surface area (Å²) in [4.78, 5) is 15.9. The predicted octanol–water partition coefficient (Wildman–Crippen LogP) is 2.82. The Morgan fingerprint density at radius 3 is 2.67 bits per heavy atom. The number of carbonyl (C=O) groups is 1. The lowest BCUT2D eigenvalue weighted by Crippen LogP contribution is -2.14. The Hall–Kier alpha value is -2.42. The molecular formula is C15H17F3N4O2. The topological polar surface area (TPSA) is 94.0 Å². The highest BCUT2D eigenvalue weighted by Gasteiger charge is 2.31. The Labute approximate surface area is 136 Å². The summed E-state index contributed by atoms with van der Waals surface area (Å²) >= 11 is 0. The lowest BCUT2D eigenvalue weighted by Gasteiger charge is -2.12. The third-order valence-corrected chi connectivity index (χ3v) is 3.20. The van der Waals surface area contributed by atoms with Crippen molar-refractivity contribution < 1.29 is 22.5 Å². The lowest BCUT2D eigenvalue weighted by molar-refractivity contribution is -0.137. The van der Waals surface area contributed by atoms with Crippen LogP contribution in [0.25, 0.3) is 0 Å². The molecule has 0 atom stereocenters. The van der Waals surface area contributed by atoms with Crippen LogP contribution in [0.2, 0.25) is 0 Å². The Morgan fingerprint density at radius 2 is 2.08 bits per heavy atom. The van der Waals surface area contributed by atoms with Crippen molar-refractivity contribution in [3.05, 3.63) is 41.0 Å². The van der Waals surface area contributed by atoms with Crippen molar-refractivity contribution in [2.45, 2.75) is 38.9 Å². The van der Waals surface area contributed by atoms with Crippen molar-refractivity contribution in [2.24, 2.45) is 5.73 Å². The van der Waals surface area contributed by atoms with Crippen LogP contribution in [0.3, 0.4) is 0 Å². The average Bonchev–Trinajstić information content (AvgIpc) is 2.91. The van der Waals surface area contributed by atoms with Crippen molar-refractivity contribution in [3.63, 3.8) is 0 Å². The Kier molecular flexibility index (Phi) is 5.55. The number of nitrogens with two attached hydrogens (primary N) is 1. The van der Waals surface area contributed by atoms with E-state index in [1.165, 1.54) is 6.07 Å². The van der Waals surface area contributed by atoms with E-state index in [0.29, 0.717) is 30.1 Å². The van der Waals surface area contributed by atoms with Crippen LogP contribution in [0.4, 0.5) is 18.9 Å². The van der Waals surface area contributed by atoms with Gasteiger partial charge >= 0.3 is 6.18 Å². The molecular weight excluding hydrogens is 325 g/mol. The van der Waals surface area contributed by atoms with Gasteiger partial charge in [0.25, 0.3) is 0 Å². The highest BCUT2D eigenvalue weighted by atomic mass is 19.4. The number of nitrogens with zero attached hydrogens (tertiary/aromatic N) is 2. The molecule has 6 nitrogen and oxygen atoms in total. The van der Waals surface area contributed by atoms with Gasteiger partial charge in [0.2, 0.25) is 11.8 Å². The molecule has 1 aromatic carbocycles. The van der Waals surface area contributed by atoms with Crippen LogP contribution >= 0.6 is 0 Å². The summed E-state index contributed by atoms with van der Waals surface area (Å²) in [5.41, 5.74) is 4.93. The number of benzene rings is 1. The first-order chi connectivity index (χ1) is 11.3.